The van der Waals surface area contributed by atoms with Crippen molar-refractivity contribution >= 4 is 0 Å². The van der Waals surface area contributed by atoms with Gasteiger partial charge in [0.1, 0.15) is 36.6 Å². The van der Waals surface area contributed by atoms with Gasteiger partial charge in [0.2, 0.25) is 0 Å². The summed E-state index contributed by atoms with van der Waals surface area (Å²) in [5.74, 6) is 0. The van der Waals surface area contributed by atoms with Crippen LogP contribution in [0.3, 0.4) is 0 Å². The van der Waals surface area contributed by atoms with Gasteiger partial charge in [0.25, 0.3) is 0 Å². The van der Waals surface area contributed by atoms with E-state index in [9.17, 15) is 20.4 Å². The molecule has 10 N–H and O–H groups in total. The molecule has 2 saturated heterocycles. The first-order valence-corrected chi connectivity index (χ1v) is 7.23. The van der Waals surface area contributed by atoms with Gasteiger partial charge in [-0.05, 0) is 0 Å². The van der Waals surface area contributed by atoms with Crippen molar-refractivity contribution in [3.8, 4) is 0 Å². The Morgan fingerprint density at radius 3 is 1.35 bits per heavy atom. The normalized spacial score (nSPS) is 51.7. The van der Waals surface area contributed by atoms with Gasteiger partial charge in [-0.25, -0.2) is 0 Å². The Bertz CT molecular complexity index is 352. The van der Waals surface area contributed by atoms with E-state index in [0.717, 1.165) is 0 Å². The van der Waals surface area contributed by atoms with Crippen molar-refractivity contribution in [1.82, 2.24) is 0 Å². The standard InChI is InChI=1S/C12H24N2O9/c13-5-7(17)3(1-15)21-11(9(5)19)23-12-10(20)6(14)8(18)4(2-16)22-12/h3-12,15-20H,1-2,13-14H2/t3-,4-,5+,6+,7-,8-,9-,10+,11+,12+/m1/s1. The molecule has 0 amide bonds. The van der Waals surface area contributed by atoms with Crippen LogP contribution in [-0.4, -0.2) is 105 Å². The first kappa shape index (κ1) is 18.9. The lowest BCUT2D eigenvalue weighted by Gasteiger charge is -2.45. The summed E-state index contributed by atoms with van der Waals surface area (Å²) in [7, 11) is 0. The van der Waals surface area contributed by atoms with E-state index in [4.69, 9.17) is 35.9 Å². The number of aliphatic hydroxyl groups excluding tert-OH is 6. The molecule has 0 aliphatic carbocycles. The molecule has 0 aromatic rings. The molecule has 11 heteroatoms. The molecular formula is C12H24N2O9. The van der Waals surface area contributed by atoms with Gasteiger partial charge in [-0.1, -0.05) is 0 Å². The zero-order valence-corrected chi connectivity index (χ0v) is 12.3. The molecule has 2 heterocycles. The van der Waals surface area contributed by atoms with Gasteiger partial charge < -0.3 is 56.3 Å². The number of rotatable bonds is 4. The number of nitrogens with two attached hydrogens (primary N) is 2. The van der Waals surface area contributed by atoms with Crippen LogP contribution in [0.2, 0.25) is 0 Å². The molecule has 0 spiro atoms. The van der Waals surface area contributed by atoms with Gasteiger partial charge in [-0.15, -0.1) is 0 Å². The van der Waals surface area contributed by atoms with E-state index < -0.39 is 74.5 Å². The zero-order chi connectivity index (χ0) is 17.3. The highest BCUT2D eigenvalue weighted by Crippen LogP contribution is 2.26. The van der Waals surface area contributed by atoms with Crippen molar-refractivity contribution in [2.24, 2.45) is 11.5 Å². The van der Waals surface area contributed by atoms with Crippen LogP contribution in [0.25, 0.3) is 0 Å². The molecule has 2 aliphatic heterocycles. The average Bonchev–Trinajstić information content (AvgIpc) is 2.55. The largest absolute Gasteiger partial charge is 0.394 e. The Labute approximate surface area is 132 Å². The van der Waals surface area contributed by atoms with Gasteiger partial charge in [0, 0.05) is 0 Å². The predicted molar refractivity (Wildman–Crippen MR) is 72.6 cm³/mol. The Morgan fingerprint density at radius 2 is 1.04 bits per heavy atom. The third-order valence-electron chi connectivity index (χ3n) is 4.14. The quantitative estimate of drug-likeness (QED) is 0.242. The highest BCUT2D eigenvalue weighted by Gasteiger charge is 2.48. The van der Waals surface area contributed by atoms with Gasteiger partial charge in [-0.2, -0.15) is 0 Å². The maximum Gasteiger partial charge on any atom is 0.188 e. The first-order valence-electron chi connectivity index (χ1n) is 7.23. The molecule has 0 bridgehead atoms. The smallest absolute Gasteiger partial charge is 0.188 e. The van der Waals surface area contributed by atoms with Crippen molar-refractivity contribution in [3.63, 3.8) is 0 Å². The van der Waals surface area contributed by atoms with Crippen LogP contribution in [0.4, 0.5) is 0 Å². The Kier molecular flexibility index (Phi) is 6.27. The lowest BCUT2D eigenvalue weighted by atomic mass is 9.96. The summed E-state index contributed by atoms with van der Waals surface area (Å²) in [4.78, 5) is 0. The van der Waals surface area contributed by atoms with Crippen LogP contribution >= 0.6 is 0 Å². The topological polar surface area (TPSA) is 201 Å². The Balaban J connectivity index is 2.07. The molecule has 10 atom stereocenters. The fourth-order valence-corrected chi connectivity index (χ4v) is 2.59. The van der Waals surface area contributed by atoms with Gasteiger partial charge in [0.15, 0.2) is 12.6 Å². The molecule has 0 radical (unpaired) electrons. The molecule has 2 rings (SSSR count). The molecule has 2 fully saturated rings. The summed E-state index contributed by atoms with van der Waals surface area (Å²) < 4.78 is 15.7. The minimum Gasteiger partial charge on any atom is -0.394 e. The second kappa shape index (κ2) is 7.63. The molecule has 0 saturated carbocycles. The van der Waals surface area contributed by atoms with E-state index in [1.54, 1.807) is 0 Å². The summed E-state index contributed by atoms with van der Waals surface area (Å²) in [6.07, 6.45) is -10.5. The molecule has 0 unspecified atom stereocenters. The number of hydrogen-bond donors (Lipinski definition) is 8. The minimum absolute atomic E-state index is 0.562. The maximum absolute atomic E-state index is 10.00. The molecule has 0 aromatic heterocycles. The van der Waals surface area contributed by atoms with Crippen LogP contribution in [-0.2, 0) is 14.2 Å². The number of aliphatic hydroxyl groups is 6. The van der Waals surface area contributed by atoms with E-state index in [-0.39, 0.29) is 0 Å². The third kappa shape index (κ3) is 3.65. The van der Waals surface area contributed by atoms with E-state index in [1.807, 2.05) is 0 Å². The summed E-state index contributed by atoms with van der Waals surface area (Å²) in [5, 5.41) is 57.8. The van der Waals surface area contributed by atoms with Crippen molar-refractivity contribution in [1.29, 1.82) is 0 Å². The number of hydrogen-bond acceptors (Lipinski definition) is 11. The van der Waals surface area contributed by atoms with E-state index in [0.29, 0.717) is 0 Å². The Morgan fingerprint density at radius 1 is 0.696 bits per heavy atom. The highest BCUT2D eigenvalue weighted by molar-refractivity contribution is 4.95. The van der Waals surface area contributed by atoms with E-state index >= 15 is 0 Å². The fourth-order valence-electron chi connectivity index (χ4n) is 2.59. The van der Waals surface area contributed by atoms with Gasteiger partial charge >= 0.3 is 0 Å². The second-order valence-corrected chi connectivity index (χ2v) is 5.70. The SMILES string of the molecule is N[C@@H]1[C@H](O)[C@H](O[C@@H]2O[C@H](CO)[C@@H](O)[C@H](N)[C@H]2O)O[C@H](CO)[C@H]1O. The third-order valence-corrected chi connectivity index (χ3v) is 4.14. The summed E-state index contributed by atoms with van der Waals surface area (Å²) >= 11 is 0. The second-order valence-electron chi connectivity index (χ2n) is 5.70. The summed E-state index contributed by atoms with van der Waals surface area (Å²) in [5.41, 5.74) is 11.3. The van der Waals surface area contributed by atoms with Crippen molar-refractivity contribution in [2.45, 2.75) is 61.3 Å². The lowest BCUT2D eigenvalue weighted by molar-refractivity contribution is -0.358. The Hall–Kier alpha value is -0.440. The van der Waals surface area contributed by atoms with Crippen LogP contribution in [0.1, 0.15) is 0 Å². The number of ether oxygens (including phenoxy) is 3. The lowest BCUT2D eigenvalue weighted by Crippen LogP contribution is -2.66. The van der Waals surface area contributed by atoms with Crippen LogP contribution < -0.4 is 11.5 Å². The zero-order valence-electron chi connectivity index (χ0n) is 12.3. The molecule has 2 aliphatic rings. The van der Waals surface area contributed by atoms with Crippen LogP contribution in [0.15, 0.2) is 0 Å². The van der Waals surface area contributed by atoms with Gasteiger partial charge in [-0.3, -0.25) is 0 Å². The minimum atomic E-state index is -1.46. The molecule has 11 nitrogen and oxygen atoms in total. The first-order chi connectivity index (χ1) is 10.8. The predicted octanol–water partition coefficient (Wildman–Crippen LogP) is -5.46. The molecule has 0 aromatic carbocycles. The van der Waals surface area contributed by atoms with E-state index in [1.165, 1.54) is 0 Å². The average molecular weight is 340 g/mol. The van der Waals surface area contributed by atoms with Gasteiger partial charge in [0.05, 0.1) is 25.3 Å². The highest BCUT2D eigenvalue weighted by atomic mass is 16.8. The van der Waals surface area contributed by atoms with E-state index in [2.05, 4.69) is 0 Å². The monoisotopic (exact) mass is 340 g/mol. The summed E-state index contributed by atoms with van der Waals surface area (Å²) in [6.45, 7) is -1.12. The maximum atomic E-state index is 10.00. The molecule has 136 valence electrons. The van der Waals surface area contributed by atoms with Crippen molar-refractivity contribution in [2.75, 3.05) is 13.2 Å². The molecular weight excluding hydrogens is 316 g/mol. The molecule has 23 heavy (non-hydrogen) atoms. The van der Waals surface area contributed by atoms with Crippen molar-refractivity contribution in [3.05, 3.63) is 0 Å². The van der Waals surface area contributed by atoms with Crippen LogP contribution in [0, 0.1) is 0 Å². The van der Waals surface area contributed by atoms with Crippen molar-refractivity contribution < 1.29 is 44.8 Å². The van der Waals surface area contributed by atoms with Crippen LogP contribution in [0.5, 0.6) is 0 Å². The summed E-state index contributed by atoms with van der Waals surface area (Å²) in [6, 6.07) is -2.31. The fraction of sp³-hybridized carbons (Fsp3) is 1.00.